The highest BCUT2D eigenvalue weighted by Gasteiger charge is 2.17. The first-order valence-electron chi connectivity index (χ1n) is 6.85. The summed E-state index contributed by atoms with van der Waals surface area (Å²) in [7, 11) is 0. The average Bonchev–Trinajstić information content (AvgIpc) is 3.08. The summed E-state index contributed by atoms with van der Waals surface area (Å²) in [5, 5.41) is 17.6. The Morgan fingerprint density at radius 1 is 1.05 bits per heavy atom. The molecule has 0 bridgehead atoms. The number of hydrogen-bond acceptors (Lipinski definition) is 4. The van der Waals surface area contributed by atoms with Crippen LogP contribution < -0.4 is 5.73 Å². The van der Waals surface area contributed by atoms with Crippen LogP contribution in [0, 0.1) is 11.3 Å². The molecule has 0 saturated carbocycles. The fourth-order valence-corrected chi connectivity index (χ4v) is 2.75. The van der Waals surface area contributed by atoms with Crippen molar-refractivity contribution in [1.82, 2.24) is 19.2 Å². The van der Waals surface area contributed by atoms with Crippen LogP contribution in [0.2, 0.25) is 0 Å². The van der Waals surface area contributed by atoms with Crippen molar-refractivity contribution in [3.05, 3.63) is 48.5 Å². The van der Waals surface area contributed by atoms with Crippen molar-refractivity contribution in [2.45, 2.75) is 6.54 Å². The average molecular weight is 288 g/mol. The third-order valence-electron chi connectivity index (χ3n) is 3.67. The molecule has 0 aliphatic rings. The van der Waals surface area contributed by atoms with E-state index in [4.69, 9.17) is 11.0 Å². The van der Waals surface area contributed by atoms with Crippen LogP contribution in [-0.4, -0.2) is 19.2 Å². The molecule has 4 aromatic rings. The number of nitrogens with two attached hydrogens (primary N) is 1. The van der Waals surface area contributed by atoms with Gasteiger partial charge in [0, 0.05) is 11.3 Å². The number of anilines is 1. The molecular weight excluding hydrogens is 276 g/mol. The van der Waals surface area contributed by atoms with Gasteiger partial charge in [0.25, 0.3) is 0 Å². The van der Waals surface area contributed by atoms with E-state index in [2.05, 4.69) is 16.3 Å². The van der Waals surface area contributed by atoms with Gasteiger partial charge in [-0.05, 0) is 24.3 Å². The summed E-state index contributed by atoms with van der Waals surface area (Å²) in [5.74, 6) is 1.37. The minimum absolute atomic E-state index is 0.228. The molecule has 0 fully saturated rings. The number of nitriles is 1. The fourth-order valence-electron chi connectivity index (χ4n) is 2.75. The third-order valence-corrected chi connectivity index (χ3v) is 3.67. The molecule has 6 nitrogen and oxygen atoms in total. The minimum atomic E-state index is 0.228. The number of nitrogens with zero attached hydrogens (tertiary/aromatic N) is 5. The van der Waals surface area contributed by atoms with E-state index in [1.165, 1.54) is 0 Å². The van der Waals surface area contributed by atoms with Gasteiger partial charge in [0.2, 0.25) is 5.78 Å². The topological polar surface area (TPSA) is 84.9 Å². The Hall–Kier alpha value is -3.33. The van der Waals surface area contributed by atoms with Crippen LogP contribution in [0.15, 0.2) is 48.5 Å². The smallest absolute Gasteiger partial charge is 0.237 e. The van der Waals surface area contributed by atoms with Gasteiger partial charge in [0.05, 0.1) is 17.1 Å². The number of imidazole rings is 1. The predicted molar refractivity (Wildman–Crippen MR) is 83.9 cm³/mol. The zero-order chi connectivity index (χ0) is 15.1. The molecule has 0 unspecified atom stereocenters. The Labute approximate surface area is 126 Å². The second-order valence-corrected chi connectivity index (χ2v) is 5.02. The molecule has 2 N–H and O–H groups in total. The van der Waals surface area contributed by atoms with E-state index in [-0.39, 0.29) is 6.54 Å². The maximum absolute atomic E-state index is 9.07. The summed E-state index contributed by atoms with van der Waals surface area (Å²) in [6.07, 6.45) is 0. The van der Waals surface area contributed by atoms with E-state index >= 15 is 0 Å². The van der Waals surface area contributed by atoms with Crippen molar-refractivity contribution in [2.75, 3.05) is 5.73 Å². The third kappa shape index (κ3) is 1.66. The zero-order valence-electron chi connectivity index (χ0n) is 11.6. The summed E-state index contributed by atoms with van der Waals surface area (Å²) in [6.45, 7) is 0.228. The Morgan fingerprint density at radius 2 is 1.86 bits per heavy atom. The molecule has 0 aliphatic heterocycles. The second-order valence-electron chi connectivity index (χ2n) is 5.02. The second kappa shape index (κ2) is 4.60. The molecular formula is C16H12N6. The molecule has 2 aromatic carbocycles. The van der Waals surface area contributed by atoms with Gasteiger partial charge in [-0.15, -0.1) is 10.2 Å². The van der Waals surface area contributed by atoms with E-state index in [1.807, 2.05) is 57.5 Å². The number of rotatable bonds is 2. The van der Waals surface area contributed by atoms with Crippen LogP contribution in [-0.2, 0) is 6.54 Å². The van der Waals surface area contributed by atoms with Gasteiger partial charge in [-0.3, -0.25) is 8.97 Å². The summed E-state index contributed by atoms with van der Waals surface area (Å²) >= 11 is 0. The minimum Gasteiger partial charge on any atom is -0.399 e. The van der Waals surface area contributed by atoms with Crippen molar-refractivity contribution in [3.63, 3.8) is 0 Å². The lowest BCUT2D eigenvalue weighted by molar-refractivity contribution is 0.874. The first-order chi connectivity index (χ1) is 10.8. The Morgan fingerprint density at radius 3 is 2.64 bits per heavy atom. The van der Waals surface area contributed by atoms with E-state index in [9.17, 15) is 0 Å². The normalized spacial score (nSPS) is 11.0. The first kappa shape index (κ1) is 12.4. The van der Waals surface area contributed by atoms with Gasteiger partial charge in [0.15, 0.2) is 5.82 Å². The van der Waals surface area contributed by atoms with E-state index < -0.39 is 0 Å². The van der Waals surface area contributed by atoms with Crippen LogP contribution in [0.4, 0.5) is 5.69 Å². The van der Waals surface area contributed by atoms with E-state index in [0.29, 0.717) is 11.5 Å². The molecule has 4 rings (SSSR count). The summed E-state index contributed by atoms with van der Waals surface area (Å²) in [5.41, 5.74) is 9.37. The first-order valence-corrected chi connectivity index (χ1v) is 6.85. The molecule has 106 valence electrons. The molecule has 22 heavy (non-hydrogen) atoms. The molecule has 0 atom stereocenters. The maximum Gasteiger partial charge on any atom is 0.237 e. The Bertz CT molecular complexity index is 1030. The van der Waals surface area contributed by atoms with Crippen molar-refractivity contribution in [1.29, 1.82) is 5.26 Å². The molecule has 0 spiro atoms. The lowest BCUT2D eigenvalue weighted by atomic mass is 10.2. The highest BCUT2D eigenvalue weighted by molar-refractivity contribution is 5.83. The van der Waals surface area contributed by atoms with Crippen LogP contribution in [0.5, 0.6) is 0 Å². The van der Waals surface area contributed by atoms with Crippen molar-refractivity contribution in [2.24, 2.45) is 0 Å². The fraction of sp³-hybridized carbons (Fsp3) is 0.0625. The lowest BCUT2D eigenvalue weighted by Crippen LogP contribution is -1.95. The van der Waals surface area contributed by atoms with E-state index in [1.54, 1.807) is 0 Å². The molecule has 0 amide bonds. The molecule has 0 radical (unpaired) electrons. The Kier molecular flexibility index (Phi) is 2.60. The van der Waals surface area contributed by atoms with Crippen molar-refractivity contribution < 1.29 is 0 Å². The zero-order valence-corrected chi connectivity index (χ0v) is 11.6. The quantitative estimate of drug-likeness (QED) is 0.574. The Balaban J connectivity index is 2.11. The van der Waals surface area contributed by atoms with Crippen LogP contribution in [0.25, 0.3) is 28.2 Å². The van der Waals surface area contributed by atoms with Crippen LogP contribution in [0.3, 0.4) is 0 Å². The van der Waals surface area contributed by atoms with Gasteiger partial charge in [-0.2, -0.15) is 5.26 Å². The van der Waals surface area contributed by atoms with E-state index in [0.717, 1.165) is 22.4 Å². The van der Waals surface area contributed by atoms with Gasteiger partial charge < -0.3 is 5.73 Å². The van der Waals surface area contributed by atoms with Gasteiger partial charge >= 0.3 is 0 Å². The summed E-state index contributed by atoms with van der Waals surface area (Å²) < 4.78 is 3.82. The number of benzene rings is 2. The number of nitrogen functional groups attached to an aromatic ring is 1. The monoisotopic (exact) mass is 288 g/mol. The summed E-state index contributed by atoms with van der Waals surface area (Å²) in [4.78, 5) is 0. The van der Waals surface area contributed by atoms with Crippen molar-refractivity contribution in [3.8, 4) is 17.5 Å². The van der Waals surface area contributed by atoms with Crippen LogP contribution in [0.1, 0.15) is 0 Å². The highest BCUT2D eigenvalue weighted by Crippen LogP contribution is 2.26. The maximum atomic E-state index is 9.07. The highest BCUT2D eigenvalue weighted by atomic mass is 15.3. The van der Waals surface area contributed by atoms with Gasteiger partial charge in [0.1, 0.15) is 6.54 Å². The molecule has 2 heterocycles. The van der Waals surface area contributed by atoms with Gasteiger partial charge in [-0.25, -0.2) is 0 Å². The standard InChI is InChI=1S/C16H12N6/c17-8-9-21-13-6-1-2-7-14(13)22-15(19-20-16(21)22)11-4-3-5-12(18)10-11/h1-7,10H,9,18H2. The number of fused-ring (bicyclic) bond motifs is 3. The molecule has 6 heteroatoms. The van der Waals surface area contributed by atoms with Gasteiger partial charge in [-0.1, -0.05) is 24.3 Å². The molecule has 0 aliphatic carbocycles. The predicted octanol–water partition coefficient (Wildman–Crippen LogP) is 2.46. The number of para-hydroxylation sites is 2. The van der Waals surface area contributed by atoms with Crippen molar-refractivity contribution >= 4 is 22.5 Å². The molecule has 2 aromatic heterocycles. The van der Waals surface area contributed by atoms with Crippen LogP contribution >= 0.6 is 0 Å². The SMILES string of the molecule is N#CCn1c2ccccc2n2c(-c3cccc(N)c3)nnc12. The largest absolute Gasteiger partial charge is 0.399 e. The number of hydrogen-bond donors (Lipinski definition) is 1. The number of aromatic nitrogens is 4. The molecule has 0 saturated heterocycles. The summed E-state index contributed by atoms with van der Waals surface area (Å²) in [6, 6.07) is 17.6. The lowest BCUT2D eigenvalue weighted by Gasteiger charge is -2.00.